The Morgan fingerprint density at radius 2 is 2.16 bits per heavy atom. The second-order valence-electron chi connectivity index (χ2n) is 4.98. The van der Waals surface area contributed by atoms with Crippen LogP contribution in [0.15, 0.2) is 11.4 Å². The van der Waals surface area contributed by atoms with Crippen molar-refractivity contribution in [3.63, 3.8) is 0 Å². The van der Waals surface area contributed by atoms with E-state index in [0.29, 0.717) is 13.1 Å². The first kappa shape index (κ1) is 16.1. The second kappa shape index (κ2) is 7.62. The maximum atomic E-state index is 11.9. The lowest BCUT2D eigenvalue weighted by molar-refractivity contribution is -0.130. The maximum Gasteiger partial charge on any atom is 0.236 e. The van der Waals surface area contributed by atoms with Gasteiger partial charge in [-0.2, -0.15) is 0 Å². The number of amides is 1. The minimum absolute atomic E-state index is 0.126. The van der Waals surface area contributed by atoms with E-state index in [-0.39, 0.29) is 11.9 Å². The van der Waals surface area contributed by atoms with Crippen LogP contribution < -0.4 is 5.73 Å². The molecule has 0 aliphatic rings. The molecular weight excluding hydrogens is 258 g/mol. The number of carbonyl (C=O) groups is 1. The molecule has 0 aliphatic carbocycles. The van der Waals surface area contributed by atoms with Crippen molar-refractivity contribution in [1.29, 1.82) is 0 Å². The molecule has 108 valence electrons. The van der Waals surface area contributed by atoms with Gasteiger partial charge in [-0.3, -0.25) is 9.69 Å². The zero-order valence-electron chi connectivity index (χ0n) is 12.3. The number of hydrogen-bond donors (Lipinski definition) is 1. The molecule has 0 spiro atoms. The summed E-state index contributed by atoms with van der Waals surface area (Å²) in [5, 5.41) is 2.09. The number of nitrogens with zero attached hydrogens (tertiary/aromatic N) is 2. The molecule has 5 heteroatoms. The summed E-state index contributed by atoms with van der Waals surface area (Å²) < 4.78 is 0. The summed E-state index contributed by atoms with van der Waals surface area (Å²) in [4.78, 5) is 17.1. The van der Waals surface area contributed by atoms with Crippen LogP contribution in [-0.4, -0.2) is 49.4 Å². The molecule has 1 unspecified atom stereocenters. The highest BCUT2D eigenvalue weighted by molar-refractivity contribution is 7.10. The van der Waals surface area contributed by atoms with Gasteiger partial charge in [-0.1, -0.05) is 6.92 Å². The molecule has 0 saturated carbocycles. The third-order valence-corrected chi connectivity index (χ3v) is 4.34. The lowest BCUT2D eigenvalue weighted by Gasteiger charge is -2.31. The van der Waals surface area contributed by atoms with E-state index in [1.165, 1.54) is 10.4 Å². The van der Waals surface area contributed by atoms with E-state index >= 15 is 0 Å². The monoisotopic (exact) mass is 283 g/mol. The third kappa shape index (κ3) is 4.30. The van der Waals surface area contributed by atoms with Crippen LogP contribution in [0.25, 0.3) is 0 Å². The summed E-state index contributed by atoms with van der Waals surface area (Å²) >= 11 is 1.73. The lowest BCUT2D eigenvalue weighted by Crippen LogP contribution is -2.41. The predicted octanol–water partition coefficient (Wildman–Crippen LogP) is 1.86. The van der Waals surface area contributed by atoms with Crippen molar-refractivity contribution >= 4 is 17.2 Å². The van der Waals surface area contributed by atoms with Crippen LogP contribution in [0.4, 0.5) is 0 Å². The van der Waals surface area contributed by atoms with E-state index in [1.54, 1.807) is 30.3 Å². The number of likely N-dealkylation sites (N-methyl/N-ethyl adjacent to an activating group) is 1. The molecule has 0 aliphatic heterocycles. The van der Waals surface area contributed by atoms with Crippen molar-refractivity contribution in [1.82, 2.24) is 9.80 Å². The minimum atomic E-state index is 0.126. The van der Waals surface area contributed by atoms with Gasteiger partial charge in [-0.15, -0.1) is 11.3 Å². The standard InChI is InChI=1S/C14H25N3OS/c1-5-7-17(10-13(18)16(3)4)12(9-15)14-11(2)6-8-19-14/h6,8,12H,5,7,9-10,15H2,1-4H3. The molecule has 1 heterocycles. The van der Waals surface area contributed by atoms with Crippen LogP contribution in [0.3, 0.4) is 0 Å². The van der Waals surface area contributed by atoms with Gasteiger partial charge in [0.25, 0.3) is 0 Å². The van der Waals surface area contributed by atoms with E-state index in [2.05, 4.69) is 30.2 Å². The molecule has 4 nitrogen and oxygen atoms in total. The number of thiophene rings is 1. The maximum absolute atomic E-state index is 11.9. The zero-order chi connectivity index (χ0) is 14.4. The fourth-order valence-electron chi connectivity index (χ4n) is 2.10. The van der Waals surface area contributed by atoms with E-state index < -0.39 is 0 Å². The first-order valence-corrected chi connectivity index (χ1v) is 7.57. The summed E-state index contributed by atoms with van der Waals surface area (Å²) in [6, 6.07) is 2.25. The Kier molecular flexibility index (Phi) is 6.48. The van der Waals surface area contributed by atoms with Crippen molar-refractivity contribution in [2.24, 2.45) is 5.73 Å². The fourth-order valence-corrected chi connectivity index (χ4v) is 3.17. The summed E-state index contributed by atoms with van der Waals surface area (Å²) in [5.74, 6) is 0.126. The van der Waals surface area contributed by atoms with E-state index in [1.807, 2.05) is 0 Å². The van der Waals surface area contributed by atoms with Gasteiger partial charge in [0.05, 0.1) is 12.6 Å². The first-order chi connectivity index (χ1) is 9.01. The Labute approximate surface area is 120 Å². The molecule has 1 amide bonds. The van der Waals surface area contributed by atoms with Crippen molar-refractivity contribution in [2.45, 2.75) is 26.3 Å². The summed E-state index contributed by atoms with van der Waals surface area (Å²) in [6.45, 7) is 6.09. The van der Waals surface area contributed by atoms with Crippen LogP contribution in [0.1, 0.15) is 29.8 Å². The van der Waals surface area contributed by atoms with Gasteiger partial charge >= 0.3 is 0 Å². The second-order valence-corrected chi connectivity index (χ2v) is 5.93. The minimum Gasteiger partial charge on any atom is -0.348 e. The summed E-state index contributed by atoms with van der Waals surface area (Å²) in [5.41, 5.74) is 7.22. The van der Waals surface area contributed by atoms with Crippen molar-refractivity contribution in [3.8, 4) is 0 Å². The number of rotatable bonds is 7. The first-order valence-electron chi connectivity index (χ1n) is 6.69. The molecule has 1 aromatic heterocycles. The zero-order valence-corrected chi connectivity index (χ0v) is 13.2. The van der Waals surface area contributed by atoms with Gasteiger partial charge in [0, 0.05) is 25.5 Å². The largest absolute Gasteiger partial charge is 0.348 e. The summed E-state index contributed by atoms with van der Waals surface area (Å²) in [7, 11) is 3.58. The van der Waals surface area contributed by atoms with Gasteiger partial charge in [0.15, 0.2) is 0 Å². The molecule has 19 heavy (non-hydrogen) atoms. The van der Waals surface area contributed by atoms with E-state index in [9.17, 15) is 4.79 Å². The molecule has 1 atom stereocenters. The van der Waals surface area contributed by atoms with Crippen LogP contribution in [0, 0.1) is 6.92 Å². The smallest absolute Gasteiger partial charge is 0.236 e. The Hall–Kier alpha value is -0.910. The van der Waals surface area contributed by atoms with Crippen molar-refractivity contribution in [3.05, 3.63) is 21.9 Å². The molecule has 1 rings (SSSR count). The Balaban J connectivity index is 2.89. The highest BCUT2D eigenvalue weighted by atomic mass is 32.1. The van der Waals surface area contributed by atoms with Crippen LogP contribution in [-0.2, 0) is 4.79 Å². The molecular formula is C14H25N3OS. The van der Waals surface area contributed by atoms with E-state index in [0.717, 1.165) is 13.0 Å². The van der Waals surface area contributed by atoms with Gasteiger partial charge < -0.3 is 10.6 Å². The molecule has 0 bridgehead atoms. The number of carbonyl (C=O) groups excluding carboxylic acids is 1. The van der Waals surface area contributed by atoms with Gasteiger partial charge in [-0.25, -0.2) is 0 Å². The molecule has 0 radical (unpaired) electrons. The molecule has 0 aromatic carbocycles. The van der Waals surface area contributed by atoms with Gasteiger partial charge in [-0.05, 0) is 36.9 Å². The Morgan fingerprint density at radius 1 is 1.47 bits per heavy atom. The number of hydrogen-bond acceptors (Lipinski definition) is 4. The fraction of sp³-hybridized carbons (Fsp3) is 0.643. The molecule has 0 saturated heterocycles. The van der Waals surface area contributed by atoms with Crippen molar-refractivity contribution in [2.75, 3.05) is 33.7 Å². The van der Waals surface area contributed by atoms with Gasteiger partial charge in [0.1, 0.15) is 0 Å². The van der Waals surface area contributed by atoms with Gasteiger partial charge in [0.2, 0.25) is 5.91 Å². The average Bonchev–Trinajstić information content (AvgIpc) is 2.77. The van der Waals surface area contributed by atoms with Crippen LogP contribution in [0.2, 0.25) is 0 Å². The van der Waals surface area contributed by atoms with Crippen LogP contribution in [0.5, 0.6) is 0 Å². The molecule has 1 aromatic rings. The Morgan fingerprint density at radius 3 is 2.58 bits per heavy atom. The normalized spacial score (nSPS) is 12.7. The number of nitrogens with two attached hydrogens (primary N) is 1. The quantitative estimate of drug-likeness (QED) is 0.831. The van der Waals surface area contributed by atoms with E-state index in [4.69, 9.17) is 5.73 Å². The highest BCUT2D eigenvalue weighted by Gasteiger charge is 2.23. The predicted molar refractivity (Wildman–Crippen MR) is 81.4 cm³/mol. The third-order valence-electron chi connectivity index (χ3n) is 3.22. The topological polar surface area (TPSA) is 49.6 Å². The Bertz CT molecular complexity index is 403. The average molecular weight is 283 g/mol. The lowest BCUT2D eigenvalue weighted by atomic mass is 10.1. The summed E-state index contributed by atoms with van der Waals surface area (Å²) in [6.07, 6.45) is 1.02. The molecule has 2 N–H and O–H groups in total. The van der Waals surface area contributed by atoms with Crippen LogP contribution >= 0.6 is 11.3 Å². The SMILES string of the molecule is CCCN(CC(=O)N(C)C)C(CN)c1sccc1C. The highest BCUT2D eigenvalue weighted by Crippen LogP contribution is 2.28. The molecule has 0 fully saturated rings. The number of aryl methyl sites for hydroxylation is 1. The van der Waals surface area contributed by atoms with Crippen molar-refractivity contribution < 1.29 is 4.79 Å².